The summed E-state index contributed by atoms with van der Waals surface area (Å²) < 4.78 is 0. The fraction of sp³-hybridized carbons (Fsp3) is 0.143. The molecule has 0 aliphatic heterocycles. The van der Waals surface area contributed by atoms with Crippen molar-refractivity contribution >= 4 is 11.6 Å². The third-order valence-corrected chi connectivity index (χ3v) is 3.97. The molecule has 0 aliphatic carbocycles. The lowest BCUT2D eigenvalue weighted by Gasteiger charge is -2.17. The summed E-state index contributed by atoms with van der Waals surface area (Å²) in [6.07, 6.45) is 4.18. The van der Waals surface area contributed by atoms with Crippen LogP contribution in [0.2, 0.25) is 0 Å². The number of aromatic nitrogens is 1. The van der Waals surface area contributed by atoms with Gasteiger partial charge in [0.1, 0.15) is 0 Å². The molecule has 0 saturated carbocycles. The summed E-state index contributed by atoms with van der Waals surface area (Å²) in [6, 6.07) is 21.6. The Morgan fingerprint density at radius 3 is 2.58 bits per heavy atom. The van der Waals surface area contributed by atoms with E-state index in [0.29, 0.717) is 6.42 Å². The quantitative estimate of drug-likeness (QED) is 0.760. The number of carbonyl (C=O) groups is 1. The molecule has 1 unspecified atom stereocenters. The van der Waals surface area contributed by atoms with Crippen LogP contribution in [0.15, 0.2) is 79.1 Å². The first-order valence-electron chi connectivity index (χ1n) is 8.04. The van der Waals surface area contributed by atoms with E-state index in [-0.39, 0.29) is 11.8 Å². The number of benzene rings is 2. The van der Waals surface area contributed by atoms with E-state index in [4.69, 9.17) is 0 Å². The lowest BCUT2D eigenvalue weighted by atomic mass is 9.91. The molecule has 2 aromatic carbocycles. The van der Waals surface area contributed by atoms with E-state index in [1.165, 1.54) is 0 Å². The Hall–Kier alpha value is -2.94. The van der Waals surface area contributed by atoms with Crippen molar-refractivity contribution in [3.05, 3.63) is 95.8 Å². The average Bonchev–Trinajstić information content (AvgIpc) is 2.61. The summed E-state index contributed by atoms with van der Waals surface area (Å²) in [6.45, 7) is 2.01. The van der Waals surface area contributed by atoms with Crippen molar-refractivity contribution in [2.45, 2.75) is 19.3 Å². The van der Waals surface area contributed by atoms with Gasteiger partial charge in [-0.2, -0.15) is 0 Å². The highest BCUT2D eigenvalue weighted by atomic mass is 16.1. The van der Waals surface area contributed by atoms with Crippen molar-refractivity contribution in [1.29, 1.82) is 0 Å². The molecule has 3 aromatic rings. The molecule has 0 spiro atoms. The normalized spacial score (nSPS) is 11.7. The number of aryl methyl sites for hydroxylation is 1. The van der Waals surface area contributed by atoms with Crippen molar-refractivity contribution in [3.8, 4) is 0 Å². The van der Waals surface area contributed by atoms with Crippen molar-refractivity contribution in [3.63, 3.8) is 0 Å². The van der Waals surface area contributed by atoms with Crippen LogP contribution in [-0.2, 0) is 11.2 Å². The average molecular weight is 316 g/mol. The maximum atomic E-state index is 12.9. The second-order valence-corrected chi connectivity index (χ2v) is 5.89. The molecule has 0 bridgehead atoms. The summed E-state index contributed by atoms with van der Waals surface area (Å²) in [7, 11) is 0. The number of rotatable bonds is 5. The molecule has 0 fully saturated rings. The highest BCUT2D eigenvalue weighted by Gasteiger charge is 2.21. The molecule has 3 rings (SSSR count). The van der Waals surface area contributed by atoms with Crippen molar-refractivity contribution < 1.29 is 4.79 Å². The minimum atomic E-state index is -0.254. The predicted molar refractivity (Wildman–Crippen MR) is 96.9 cm³/mol. The number of nitrogens with one attached hydrogen (secondary N) is 1. The van der Waals surface area contributed by atoms with Gasteiger partial charge in [-0.25, -0.2) is 0 Å². The van der Waals surface area contributed by atoms with Gasteiger partial charge in [0.05, 0.1) is 5.92 Å². The highest BCUT2D eigenvalue weighted by molar-refractivity contribution is 5.96. The third-order valence-electron chi connectivity index (χ3n) is 3.97. The van der Waals surface area contributed by atoms with E-state index in [1.54, 1.807) is 6.20 Å². The van der Waals surface area contributed by atoms with Crippen LogP contribution >= 0.6 is 0 Å². The second-order valence-electron chi connectivity index (χ2n) is 5.89. The van der Waals surface area contributed by atoms with Crippen molar-refractivity contribution in [2.24, 2.45) is 0 Å². The molecule has 1 heterocycles. The van der Waals surface area contributed by atoms with Crippen LogP contribution in [-0.4, -0.2) is 10.9 Å². The summed E-state index contributed by atoms with van der Waals surface area (Å²) in [5.41, 5.74) is 4.00. The Morgan fingerprint density at radius 1 is 1.04 bits per heavy atom. The molecule has 1 atom stereocenters. The van der Waals surface area contributed by atoms with Gasteiger partial charge in [-0.3, -0.25) is 9.78 Å². The van der Waals surface area contributed by atoms with Crippen LogP contribution in [0.3, 0.4) is 0 Å². The SMILES string of the molecule is Cc1cccc(NC(=O)C(Cc2cccnc2)c2ccccc2)c1. The van der Waals surface area contributed by atoms with E-state index in [2.05, 4.69) is 10.3 Å². The van der Waals surface area contributed by atoms with Crippen LogP contribution in [0, 0.1) is 6.92 Å². The first-order valence-corrected chi connectivity index (χ1v) is 8.04. The zero-order valence-electron chi connectivity index (χ0n) is 13.6. The van der Waals surface area contributed by atoms with Crippen LogP contribution in [0.4, 0.5) is 5.69 Å². The van der Waals surface area contributed by atoms with Crippen LogP contribution in [0.1, 0.15) is 22.6 Å². The van der Waals surface area contributed by atoms with E-state index in [0.717, 1.165) is 22.4 Å². The number of amides is 1. The summed E-state index contributed by atoms with van der Waals surface area (Å²) in [5.74, 6) is -0.258. The Bertz CT molecular complexity index is 800. The fourth-order valence-electron chi connectivity index (χ4n) is 2.75. The van der Waals surface area contributed by atoms with Gasteiger partial charge >= 0.3 is 0 Å². The molecule has 3 heteroatoms. The monoisotopic (exact) mass is 316 g/mol. The molecule has 0 saturated heterocycles. The Balaban J connectivity index is 1.85. The second kappa shape index (κ2) is 7.55. The fourth-order valence-corrected chi connectivity index (χ4v) is 2.75. The zero-order chi connectivity index (χ0) is 16.8. The zero-order valence-corrected chi connectivity index (χ0v) is 13.6. The molecule has 1 aromatic heterocycles. The molecule has 0 aliphatic rings. The number of hydrogen-bond acceptors (Lipinski definition) is 2. The maximum absolute atomic E-state index is 12.9. The van der Waals surface area contributed by atoms with Gasteiger partial charge in [0.15, 0.2) is 0 Å². The Morgan fingerprint density at radius 2 is 1.88 bits per heavy atom. The third kappa shape index (κ3) is 4.07. The van der Waals surface area contributed by atoms with E-state index < -0.39 is 0 Å². The topological polar surface area (TPSA) is 42.0 Å². The molecule has 1 amide bonds. The van der Waals surface area contributed by atoms with Gasteiger partial charge in [0, 0.05) is 18.1 Å². The van der Waals surface area contributed by atoms with E-state index in [9.17, 15) is 4.79 Å². The lowest BCUT2D eigenvalue weighted by Crippen LogP contribution is -2.23. The van der Waals surface area contributed by atoms with Gasteiger partial charge in [0.25, 0.3) is 0 Å². The summed E-state index contributed by atoms with van der Waals surface area (Å²) in [5, 5.41) is 3.04. The Labute approximate surface area is 142 Å². The lowest BCUT2D eigenvalue weighted by molar-refractivity contribution is -0.117. The molecule has 24 heavy (non-hydrogen) atoms. The first-order chi connectivity index (χ1) is 11.7. The predicted octanol–water partition coefficient (Wildman–Crippen LogP) is 4.36. The van der Waals surface area contributed by atoms with Crippen LogP contribution in [0.5, 0.6) is 0 Å². The molecular weight excluding hydrogens is 296 g/mol. The maximum Gasteiger partial charge on any atom is 0.232 e. The summed E-state index contributed by atoms with van der Waals surface area (Å²) in [4.78, 5) is 17.1. The Kier molecular flexibility index (Phi) is 5.02. The molecule has 3 nitrogen and oxygen atoms in total. The molecular formula is C21H20N2O. The largest absolute Gasteiger partial charge is 0.326 e. The number of carbonyl (C=O) groups excluding carboxylic acids is 1. The smallest absolute Gasteiger partial charge is 0.232 e. The number of hydrogen-bond donors (Lipinski definition) is 1. The highest BCUT2D eigenvalue weighted by Crippen LogP contribution is 2.23. The van der Waals surface area contributed by atoms with E-state index in [1.807, 2.05) is 79.9 Å². The van der Waals surface area contributed by atoms with Gasteiger partial charge in [-0.05, 0) is 48.2 Å². The summed E-state index contributed by atoms with van der Waals surface area (Å²) >= 11 is 0. The van der Waals surface area contributed by atoms with Gasteiger partial charge in [-0.15, -0.1) is 0 Å². The molecule has 0 radical (unpaired) electrons. The van der Waals surface area contributed by atoms with Crippen molar-refractivity contribution in [2.75, 3.05) is 5.32 Å². The first kappa shape index (κ1) is 15.9. The minimum absolute atomic E-state index is 0.00402. The standard InChI is InChI=1S/C21H20N2O/c1-16-7-5-11-19(13-16)23-21(24)20(18-9-3-2-4-10-18)14-17-8-6-12-22-15-17/h2-13,15,20H,14H2,1H3,(H,23,24). The number of pyridine rings is 1. The van der Waals surface area contributed by atoms with Gasteiger partial charge < -0.3 is 5.32 Å². The number of nitrogens with zero attached hydrogens (tertiary/aromatic N) is 1. The van der Waals surface area contributed by atoms with Gasteiger partial charge in [-0.1, -0.05) is 48.5 Å². The minimum Gasteiger partial charge on any atom is -0.326 e. The van der Waals surface area contributed by atoms with Crippen molar-refractivity contribution in [1.82, 2.24) is 4.98 Å². The molecule has 1 N–H and O–H groups in total. The molecule has 120 valence electrons. The number of anilines is 1. The van der Waals surface area contributed by atoms with Crippen LogP contribution in [0.25, 0.3) is 0 Å². The van der Waals surface area contributed by atoms with Gasteiger partial charge in [0.2, 0.25) is 5.91 Å². The van der Waals surface area contributed by atoms with E-state index >= 15 is 0 Å². The van der Waals surface area contributed by atoms with Crippen LogP contribution < -0.4 is 5.32 Å².